The second kappa shape index (κ2) is 9.95. The fourth-order valence-electron chi connectivity index (χ4n) is 6.68. The SMILES string of the molecule is CC(C)CC1(CN2CCC(F)(CN3CCC(N4CCN(C(C)C)CC4)CC3)CC2)CC1. The quantitative estimate of drug-likeness (QED) is 0.568. The number of hydrogen-bond acceptors (Lipinski definition) is 4. The van der Waals surface area contributed by atoms with Gasteiger partial charge in [-0.15, -0.1) is 0 Å². The summed E-state index contributed by atoms with van der Waals surface area (Å²) in [5, 5.41) is 0. The number of rotatable bonds is 8. The van der Waals surface area contributed by atoms with E-state index in [1.54, 1.807) is 0 Å². The molecule has 0 aromatic carbocycles. The Bertz CT molecular complexity index is 552. The van der Waals surface area contributed by atoms with Crippen LogP contribution in [0.15, 0.2) is 0 Å². The molecule has 4 fully saturated rings. The highest BCUT2D eigenvalue weighted by Gasteiger charge is 2.46. The van der Waals surface area contributed by atoms with Gasteiger partial charge >= 0.3 is 0 Å². The Morgan fingerprint density at radius 1 is 0.742 bits per heavy atom. The average Bonchev–Trinajstić information content (AvgIpc) is 3.48. The first-order valence-electron chi connectivity index (χ1n) is 13.4. The van der Waals surface area contributed by atoms with Gasteiger partial charge in [-0.05, 0) is 83.2 Å². The molecule has 0 radical (unpaired) electrons. The Kier molecular flexibility index (Phi) is 7.67. The van der Waals surface area contributed by atoms with E-state index in [-0.39, 0.29) is 0 Å². The third-order valence-electron chi connectivity index (χ3n) is 8.77. The number of halogens is 1. The lowest BCUT2D eigenvalue weighted by Crippen LogP contribution is -2.56. The van der Waals surface area contributed by atoms with Crippen molar-refractivity contribution in [3.8, 4) is 0 Å². The number of piperazine rings is 1. The van der Waals surface area contributed by atoms with Crippen molar-refractivity contribution in [2.24, 2.45) is 11.3 Å². The molecule has 1 saturated carbocycles. The van der Waals surface area contributed by atoms with Crippen molar-refractivity contribution in [1.29, 1.82) is 0 Å². The molecule has 4 nitrogen and oxygen atoms in total. The van der Waals surface area contributed by atoms with Crippen molar-refractivity contribution < 1.29 is 4.39 Å². The molecule has 3 aliphatic heterocycles. The lowest BCUT2D eigenvalue weighted by atomic mass is 9.89. The number of nitrogens with zero attached hydrogens (tertiary/aromatic N) is 4. The molecule has 31 heavy (non-hydrogen) atoms. The van der Waals surface area contributed by atoms with Crippen LogP contribution in [0.1, 0.15) is 72.6 Å². The van der Waals surface area contributed by atoms with Crippen LogP contribution in [0.25, 0.3) is 0 Å². The Morgan fingerprint density at radius 2 is 1.32 bits per heavy atom. The van der Waals surface area contributed by atoms with Gasteiger partial charge in [0.05, 0.1) is 0 Å². The third-order valence-corrected chi connectivity index (χ3v) is 8.77. The Balaban J connectivity index is 1.16. The van der Waals surface area contributed by atoms with Gasteiger partial charge in [0.25, 0.3) is 0 Å². The second-order valence-electron chi connectivity index (χ2n) is 12.2. The van der Waals surface area contributed by atoms with Gasteiger partial charge in [0.1, 0.15) is 5.67 Å². The van der Waals surface area contributed by atoms with Gasteiger partial charge in [-0.25, -0.2) is 4.39 Å². The predicted molar refractivity (Wildman–Crippen MR) is 128 cm³/mol. The van der Waals surface area contributed by atoms with Gasteiger partial charge in [-0.3, -0.25) is 9.80 Å². The third kappa shape index (κ3) is 6.43. The van der Waals surface area contributed by atoms with Crippen molar-refractivity contribution in [3.63, 3.8) is 0 Å². The topological polar surface area (TPSA) is 13.0 Å². The van der Waals surface area contributed by atoms with E-state index in [9.17, 15) is 0 Å². The summed E-state index contributed by atoms with van der Waals surface area (Å²) >= 11 is 0. The molecular weight excluding hydrogens is 387 g/mol. The van der Waals surface area contributed by atoms with E-state index in [2.05, 4.69) is 47.3 Å². The zero-order valence-electron chi connectivity index (χ0n) is 20.9. The summed E-state index contributed by atoms with van der Waals surface area (Å²) in [7, 11) is 0. The molecule has 0 N–H and O–H groups in total. The van der Waals surface area contributed by atoms with Crippen LogP contribution >= 0.6 is 0 Å². The monoisotopic (exact) mass is 436 g/mol. The highest BCUT2D eigenvalue weighted by molar-refractivity contribution is 4.98. The molecule has 4 rings (SSSR count). The van der Waals surface area contributed by atoms with E-state index in [1.165, 1.54) is 64.8 Å². The summed E-state index contributed by atoms with van der Waals surface area (Å²) in [6.07, 6.45) is 8.06. The maximum Gasteiger partial charge on any atom is 0.126 e. The van der Waals surface area contributed by atoms with Gasteiger partial charge in [-0.2, -0.15) is 0 Å². The minimum Gasteiger partial charge on any atom is -0.303 e. The Labute approximate surface area is 191 Å². The molecule has 0 amide bonds. The molecule has 5 heteroatoms. The first kappa shape index (κ1) is 23.9. The van der Waals surface area contributed by atoms with Crippen molar-refractivity contribution in [3.05, 3.63) is 0 Å². The molecule has 0 unspecified atom stereocenters. The summed E-state index contributed by atoms with van der Waals surface area (Å²) < 4.78 is 15.7. The maximum absolute atomic E-state index is 15.7. The van der Waals surface area contributed by atoms with Crippen molar-refractivity contribution in [2.75, 3.05) is 65.4 Å². The fraction of sp³-hybridized carbons (Fsp3) is 1.00. The molecule has 0 spiro atoms. The van der Waals surface area contributed by atoms with Crippen molar-refractivity contribution in [1.82, 2.24) is 19.6 Å². The number of hydrogen-bond donors (Lipinski definition) is 0. The lowest BCUT2D eigenvalue weighted by molar-refractivity contribution is -0.00130. The van der Waals surface area contributed by atoms with Gasteiger partial charge < -0.3 is 9.80 Å². The van der Waals surface area contributed by atoms with Crippen LogP contribution in [0, 0.1) is 11.3 Å². The van der Waals surface area contributed by atoms with Crippen LogP contribution < -0.4 is 0 Å². The fourth-order valence-corrected chi connectivity index (χ4v) is 6.68. The summed E-state index contributed by atoms with van der Waals surface area (Å²) in [5.41, 5.74) is -0.381. The van der Waals surface area contributed by atoms with Gasteiger partial charge in [0.2, 0.25) is 0 Å². The number of piperidine rings is 2. The smallest absolute Gasteiger partial charge is 0.126 e. The lowest BCUT2D eigenvalue weighted by Gasteiger charge is -2.45. The van der Waals surface area contributed by atoms with E-state index in [0.717, 1.165) is 51.0 Å². The minimum atomic E-state index is -0.957. The average molecular weight is 437 g/mol. The normalized spacial score (nSPS) is 29.1. The highest BCUT2D eigenvalue weighted by Crippen LogP contribution is 2.51. The van der Waals surface area contributed by atoms with Crippen LogP contribution in [0.3, 0.4) is 0 Å². The summed E-state index contributed by atoms with van der Waals surface area (Å²) in [5.74, 6) is 0.787. The van der Waals surface area contributed by atoms with E-state index >= 15 is 4.39 Å². The molecule has 3 heterocycles. The zero-order valence-corrected chi connectivity index (χ0v) is 20.9. The van der Waals surface area contributed by atoms with E-state index in [0.29, 0.717) is 18.0 Å². The van der Waals surface area contributed by atoms with Crippen LogP contribution in [0.2, 0.25) is 0 Å². The van der Waals surface area contributed by atoms with Gasteiger partial charge in [-0.1, -0.05) is 13.8 Å². The second-order valence-corrected chi connectivity index (χ2v) is 12.2. The molecule has 180 valence electrons. The largest absolute Gasteiger partial charge is 0.303 e. The molecule has 0 atom stereocenters. The predicted octanol–water partition coefficient (Wildman–Crippen LogP) is 4.11. The van der Waals surface area contributed by atoms with Crippen LogP contribution in [-0.2, 0) is 0 Å². The van der Waals surface area contributed by atoms with E-state index < -0.39 is 5.67 Å². The van der Waals surface area contributed by atoms with Crippen molar-refractivity contribution >= 4 is 0 Å². The standard InChI is InChI=1S/C26H49FN4/c1-22(2)19-25(7-8-25)20-29-13-9-26(27,10-14-29)21-28-11-5-24(6-12-28)31-17-15-30(16-18-31)23(3)4/h22-24H,5-21H2,1-4H3. The molecule has 0 aromatic rings. The zero-order chi connectivity index (χ0) is 22.1. The molecule has 1 aliphatic carbocycles. The molecular formula is C26H49FN4. The highest BCUT2D eigenvalue weighted by atomic mass is 19.1. The van der Waals surface area contributed by atoms with E-state index in [4.69, 9.17) is 0 Å². The number of alkyl halides is 1. The van der Waals surface area contributed by atoms with Crippen LogP contribution in [0.4, 0.5) is 4.39 Å². The van der Waals surface area contributed by atoms with Gasteiger partial charge in [0.15, 0.2) is 0 Å². The maximum atomic E-state index is 15.7. The van der Waals surface area contributed by atoms with Crippen molar-refractivity contribution in [2.45, 2.75) is 90.4 Å². The summed E-state index contributed by atoms with van der Waals surface area (Å²) in [6.45, 7) is 20.1. The Hall–Kier alpha value is -0.230. The molecule has 4 aliphatic rings. The molecule has 0 bridgehead atoms. The first-order valence-corrected chi connectivity index (χ1v) is 13.4. The Morgan fingerprint density at radius 3 is 1.84 bits per heavy atom. The number of likely N-dealkylation sites (tertiary alicyclic amines) is 2. The summed E-state index contributed by atoms with van der Waals surface area (Å²) in [6, 6.07) is 1.39. The van der Waals surface area contributed by atoms with E-state index in [1.807, 2.05) is 0 Å². The molecule has 0 aromatic heterocycles. The minimum absolute atomic E-state index is 0.576. The molecule has 3 saturated heterocycles. The van der Waals surface area contributed by atoms with Gasteiger partial charge in [0, 0.05) is 64.4 Å². The van der Waals surface area contributed by atoms with Crippen LogP contribution in [-0.4, -0.2) is 103 Å². The first-order chi connectivity index (χ1) is 14.8. The summed E-state index contributed by atoms with van der Waals surface area (Å²) in [4.78, 5) is 10.3. The van der Waals surface area contributed by atoms with Crippen LogP contribution in [0.5, 0.6) is 0 Å².